The van der Waals surface area contributed by atoms with Gasteiger partial charge in [0.1, 0.15) is 0 Å². The number of fused-ring (bicyclic) bond motifs is 2. The van der Waals surface area contributed by atoms with Crippen LogP contribution in [0.4, 0.5) is 0 Å². The van der Waals surface area contributed by atoms with Gasteiger partial charge < -0.3 is 15.5 Å². The molecule has 1 heterocycles. The van der Waals surface area contributed by atoms with Crippen LogP contribution in [-0.2, 0) is 0 Å². The summed E-state index contributed by atoms with van der Waals surface area (Å²) in [6, 6.07) is 0.886. The molecule has 3 fully saturated rings. The van der Waals surface area contributed by atoms with Gasteiger partial charge >= 0.3 is 0 Å². The summed E-state index contributed by atoms with van der Waals surface area (Å²) in [7, 11) is 1.90. The van der Waals surface area contributed by atoms with Crippen molar-refractivity contribution in [1.82, 2.24) is 20.4 Å². The molecule has 146 valence electrons. The first-order valence-corrected chi connectivity index (χ1v) is 9.91. The fourth-order valence-electron chi connectivity index (χ4n) is 4.87. The zero-order valence-corrected chi connectivity index (χ0v) is 18.9. The highest BCUT2D eigenvalue weighted by Gasteiger charge is 2.42. The van der Waals surface area contributed by atoms with Crippen molar-refractivity contribution < 1.29 is 0 Å². The maximum atomic E-state index is 4.49. The molecule has 1 saturated heterocycles. The molecule has 25 heavy (non-hydrogen) atoms. The summed E-state index contributed by atoms with van der Waals surface area (Å²) < 4.78 is 0. The third kappa shape index (κ3) is 5.70. The molecule has 2 aliphatic carbocycles. The summed E-state index contributed by atoms with van der Waals surface area (Å²) in [5, 5.41) is 7.04. The van der Waals surface area contributed by atoms with Crippen LogP contribution in [0.2, 0.25) is 0 Å². The molecule has 3 atom stereocenters. The van der Waals surface area contributed by atoms with Gasteiger partial charge in [0.25, 0.3) is 0 Å². The Bertz CT molecular complexity index is 440. The molecule has 2 bridgehead atoms. The van der Waals surface area contributed by atoms with Gasteiger partial charge in [0.2, 0.25) is 0 Å². The third-order valence-corrected chi connectivity index (χ3v) is 6.06. The fourth-order valence-corrected chi connectivity index (χ4v) is 4.87. The van der Waals surface area contributed by atoms with Crippen LogP contribution < -0.4 is 10.6 Å². The van der Waals surface area contributed by atoms with Gasteiger partial charge in [-0.15, -0.1) is 24.0 Å². The lowest BCUT2D eigenvalue weighted by Crippen LogP contribution is -2.56. The Morgan fingerprint density at radius 3 is 2.28 bits per heavy atom. The number of piperazine rings is 1. The van der Waals surface area contributed by atoms with E-state index in [0.717, 1.165) is 50.0 Å². The molecular formula is C19H38IN5. The van der Waals surface area contributed by atoms with E-state index in [1.807, 2.05) is 7.05 Å². The normalized spacial score (nSPS) is 30.5. The Morgan fingerprint density at radius 2 is 1.76 bits per heavy atom. The van der Waals surface area contributed by atoms with E-state index >= 15 is 0 Å². The van der Waals surface area contributed by atoms with Crippen LogP contribution in [0.15, 0.2) is 4.99 Å². The van der Waals surface area contributed by atoms with Crippen molar-refractivity contribution in [2.24, 2.45) is 16.8 Å². The minimum atomic E-state index is 0. The van der Waals surface area contributed by atoms with Crippen molar-refractivity contribution in [1.29, 1.82) is 0 Å². The smallest absolute Gasteiger partial charge is 0.193 e. The number of hydrogen-bond donors (Lipinski definition) is 2. The van der Waals surface area contributed by atoms with E-state index in [-0.39, 0.29) is 29.5 Å². The Labute approximate surface area is 171 Å². The molecule has 0 aromatic rings. The van der Waals surface area contributed by atoms with Gasteiger partial charge in [0.15, 0.2) is 5.96 Å². The molecule has 3 unspecified atom stereocenters. The van der Waals surface area contributed by atoms with Gasteiger partial charge in [0, 0.05) is 57.9 Å². The Morgan fingerprint density at radius 1 is 1.04 bits per heavy atom. The first kappa shape index (κ1) is 21.2. The van der Waals surface area contributed by atoms with Gasteiger partial charge in [0.05, 0.1) is 0 Å². The van der Waals surface area contributed by atoms with Crippen LogP contribution in [0.25, 0.3) is 0 Å². The molecule has 0 radical (unpaired) electrons. The monoisotopic (exact) mass is 463 g/mol. The first-order chi connectivity index (χ1) is 11.5. The van der Waals surface area contributed by atoms with Gasteiger partial charge in [-0.25, -0.2) is 0 Å². The lowest BCUT2D eigenvalue weighted by Gasteiger charge is -2.42. The van der Waals surface area contributed by atoms with Crippen LogP contribution in [0.1, 0.15) is 46.5 Å². The van der Waals surface area contributed by atoms with Crippen LogP contribution >= 0.6 is 24.0 Å². The molecule has 0 spiro atoms. The second-order valence-corrected chi connectivity index (χ2v) is 8.92. The van der Waals surface area contributed by atoms with Crippen LogP contribution in [-0.4, -0.2) is 73.7 Å². The SMILES string of the molecule is CN=C(NCCNC(C)(C)C)N1CCN(C2CC3CCC2C3)CC1.I. The van der Waals surface area contributed by atoms with E-state index in [1.54, 1.807) is 0 Å². The Kier molecular flexibility index (Phi) is 7.83. The van der Waals surface area contributed by atoms with E-state index in [4.69, 9.17) is 0 Å². The van der Waals surface area contributed by atoms with Gasteiger partial charge in [-0.3, -0.25) is 9.89 Å². The maximum absolute atomic E-state index is 4.49. The number of guanidine groups is 1. The van der Waals surface area contributed by atoms with E-state index in [1.165, 1.54) is 38.8 Å². The molecular weight excluding hydrogens is 425 g/mol. The van der Waals surface area contributed by atoms with E-state index < -0.39 is 0 Å². The molecule has 6 heteroatoms. The average molecular weight is 463 g/mol. The van der Waals surface area contributed by atoms with Crippen molar-refractivity contribution in [3.63, 3.8) is 0 Å². The summed E-state index contributed by atoms with van der Waals surface area (Å²) in [4.78, 5) is 9.70. The number of rotatable bonds is 4. The summed E-state index contributed by atoms with van der Waals surface area (Å²) in [5.41, 5.74) is 0.178. The zero-order valence-electron chi connectivity index (χ0n) is 16.6. The predicted molar refractivity (Wildman–Crippen MR) is 117 cm³/mol. The predicted octanol–water partition coefficient (Wildman–Crippen LogP) is 2.37. The first-order valence-electron chi connectivity index (χ1n) is 9.91. The fraction of sp³-hybridized carbons (Fsp3) is 0.947. The zero-order chi connectivity index (χ0) is 17.2. The number of halogens is 1. The summed E-state index contributed by atoms with van der Waals surface area (Å²) in [5.74, 6) is 3.11. The van der Waals surface area contributed by atoms with E-state index in [0.29, 0.717) is 0 Å². The quantitative estimate of drug-likeness (QED) is 0.291. The molecule has 5 nitrogen and oxygen atoms in total. The van der Waals surface area contributed by atoms with Gasteiger partial charge in [-0.05, 0) is 51.9 Å². The number of nitrogens with zero attached hydrogens (tertiary/aromatic N) is 3. The van der Waals surface area contributed by atoms with Crippen molar-refractivity contribution in [2.45, 2.75) is 58.0 Å². The number of nitrogens with one attached hydrogen (secondary N) is 2. The molecule has 1 aliphatic heterocycles. The average Bonchev–Trinajstić information content (AvgIpc) is 3.17. The lowest BCUT2D eigenvalue weighted by atomic mass is 9.93. The van der Waals surface area contributed by atoms with Crippen molar-refractivity contribution in [3.05, 3.63) is 0 Å². The van der Waals surface area contributed by atoms with Gasteiger partial charge in [-0.2, -0.15) is 0 Å². The van der Waals surface area contributed by atoms with Gasteiger partial charge in [-0.1, -0.05) is 6.42 Å². The second-order valence-electron chi connectivity index (χ2n) is 8.92. The topological polar surface area (TPSA) is 42.9 Å². The minimum Gasteiger partial charge on any atom is -0.355 e. The van der Waals surface area contributed by atoms with Crippen molar-refractivity contribution in [3.8, 4) is 0 Å². The Hall–Kier alpha value is -0.0800. The molecule has 3 rings (SSSR count). The summed E-state index contributed by atoms with van der Waals surface area (Å²) >= 11 is 0. The van der Waals surface area contributed by atoms with Crippen LogP contribution in [0.5, 0.6) is 0 Å². The highest BCUT2D eigenvalue weighted by Crippen LogP contribution is 2.46. The van der Waals surface area contributed by atoms with Crippen LogP contribution in [0.3, 0.4) is 0 Å². The third-order valence-electron chi connectivity index (χ3n) is 6.06. The molecule has 2 saturated carbocycles. The van der Waals surface area contributed by atoms with Crippen LogP contribution in [0, 0.1) is 11.8 Å². The minimum absolute atomic E-state index is 0. The van der Waals surface area contributed by atoms with Crippen molar-refractivity contribution >= 4 is 29.9 Å². The highest BCUT2D eigenvalue weighted by atomic mass is 127. The molecule has 3 aliphatic rings. The molecule has 0 amide bonds. The Balaban J connectivity index is 0.00000225. The summed E-state index contributed by atoms with van der Waals surface area (Å²) in [6.45, 7) is 13.1. The lowest BCUT2D eigenvalue weighted by molar-refractivity contribution is 0.0958. The van der Waals surface area contributed by atoms with E-state index in [2.05, 4.69) is 46.2 Å². The largest absolute Gasteiger partial charge is 0.355 e. The van der Waals surface area contributed by atoms with Crippen molar-refractivity contribution in [2.75, 3.05) is 46.3 Å². The summed E-state index contributed by atoms with van der Waals surface area (Å²) in [6.07, 6.45) is 5.96. The number of hydrogen-bond acceptors (Lipinski definition) is 3. The second kappa shape index (κ2) is 9.22. The standard InChI is InChI=1S/C19H37N5.HI/c1-19(2,3)22-8-7-21-18(20-4)24-11-9-23(10-12-24)17-14-15-5-6-16(17)13-15;/h15-17,22H,5-14H2,1-4H3,(H,20,21);1H. The molecule has 0 aromatic heterocycles. The molecule has 2 N–H and O–H groups in total. The highest BCUT2D eigenvalue weighted by molar-refractivity contribution is 14.0. The van der Waals surface area contributed by atoms with E-state index in [9.17, 15) is 0 Å². The molecule has 0 aromatic carbocycles. The number of aliphatic imine (C=N–C) groups is 1. The maximum Gasteiger partial charge on any atom is 0.193 e.